The van der Waals surface area contributed by atoms with E-state index in [9.17, 15) is 0 Å². The molecule has 2 atom stereocenters. The van der Waals surface area contributed by atoms with Gasteiger partial charge in [-0.25, -0.2) is 0 Å². The van der Waals surface area contributed by atoms with Crippen molar-refractivity contribution in [2.45, 2.75) is 18.9 Å². The molecule has 3 rings (SSSR count). The molecule has 1 fully saturated rings. The monoisotopic (exact) mass is 190 g/mol. The lowest BCUT2D eigenvalue weighted by Crippen LogP contribution is -2.26. The summed E-state index contributed by atoms with van der Waals surface area (Å²) in [6.07, 6.45) is 6.61. The van der Waals surface area contributed by atoms with Gasteiger partial charge in [-0.3, -0.25) is 0 Å². The topological polar surface area (TPSA) is 9.23 Å². The Morgan fingerprint density at radius 2 is 2.18 bits per heavy atom. The lowest BCUT2D eigenvalue weighted by atomic mass is 9.89. The van der Waals surface area contributed by atoms with Crippen LogP contribution in [0.3, 0.4) is 0 Å². The fourth-order valence-corrected chi connectivity index (χ4v) is 1.92. The Bertz CT molecular complexity index is 228. The van der Waals surface area contributed by atoms with E-state index in [1.165, 1.54) is 0 Å². The first-order valence-corrected chi connectivity index (χ1v) is 4.43. The Morgan fingerprint density at radius 3 is 2.45 bits per heavy atom. The summed E-state index contributed by atoms with van der Waals surface area (Å²) in [5.74, 6) is 1.08. The highest BCUT2D eigenvalue weighted by Crippen LogP contribution is 2.38. The molecule has 1 aliphatic carbocycles. The molecule has 0 N–H and O–H groups in total. The van der Waals surface area contributed by atoms with Crippen molar-refractivity contribution >= 4 is 23.2 Å². The molecule has 1 nitrogen and oxygen atoms in total. The van der Waals surface area contributed by atoms with Gasteiger partial charge in [-0.15, -0.1) is 0 Å². The minimum Gasteiger partial charge on any atom is -0.488 e. The molecule has 0 unspecified atom stereocenters. The van der Waals surface area contributed by atoms with Crippen LogP contribution in [-0.4, -0.2) is 6.10 Å². The van der Waals surface area contributed by atoms with Gasteiger partial charge < -0.3 is 4.74 Å². The Kier molecular flexibility index (Phi) is 1.86. The second kappa shape index (κ2) is 2.72. The van der Waals surface area contributed by atoms with Crippen molar-refractivity contribution < 1.29 is 4.74 Å². The van der Waals surface area contributed by atoms with Gasteiger partial charge in [-0.1, -0.05) is 29.3 Å². The van der Waals surface area contributed by atoms with Gasteiger partial charge in [0.1, 0.15) is 16.4 Å². The Morgan fingerprint density at radius 1 is 1.36 bits per heavy atom. The van der Waals surface area contributed by atoms with Crippen molar-refractivity contribution in [3.8, 4) is 0 Å². The van der Waals surface area contributed by atoms with Crippen LogP contribution in [-0.2, 0) is 4.74 Å². The lowest BCUT2D eigenvalue weighted by Gasteiger charge is -2.33. The van der Waals surface area contributed by atoms with Gasteiger partial charge in [-0.05, 0) is 18.9 Å². The maximum Gasteiger partial charge on any atom is 0.145 e. The first-order chi connectivity index (χ1) is 5.27. The molecular weight excluding hydrogens is 183 g/mol. The SMILES string of the molecule is ClC(Cl)=C1O[C@H]2C=C[C@@H]1CC2. The van der Waals surface area contributed by atoms with E-state index in [4.69, 9.17) is 27.9 Å². The first kappa shape index (κ1) is 7.51. The van der Waals surface area contributed by atoms with Gasteiger partial charge in [0.15, 0.2) is 0 Å². The molecule has 60 valence electrons. The normalized spacial score (nSPS) is 33.8. The van der Waals surface area contributed by atoms with E-state index >= 15 is 0 Å². The second-order valence-corrected chi connectivity index (χ2v) is 3.80. The van der Waals surface area contributed by atoms with Crippen molar-refractivity contribution in [3.63, 3.8) is 0 Å². The van der Waals surface area contributed by atoms with E-state index in [0.717, 1.165) is 18.6 Å². The molecular formula is C8H8Cl2O. The largest absolute Gasteiger partial charge is 0.488 e. The molecule has 11 heavy (non-hydrogen) atoms. The maximum atomic E-state index is 5.64. The van der Waals surface area contributed by atoms with Crippen LogP contribution < -0.4 is 0 Å². The molecule has 0 radical (unpaired) electrons. The third-order valence-corrected chi connectivity index (χ3v) is 2.49. The number of halogens is 2. The van der Waals surface area contributed by atoms with Crippen LogP contribution >= 0.6 is 23.2 Å². The van der Waals surface area contributed by atoms with E-state index in [2.05, 4.69) is 12.2 Å². The average molecular weight is 191 g/mol. The fraction of sp³-hybridized carbons (Fsp3) is 0.500. The second-order valence-electron chi connectivity index (χ2n) is 2.85. The van der Waals surface area contributed by atoms with Crippen LogP contribution in [0.4, 0.5) is 0 Å². The van der Waals surface area contributed by atoms with E-state index < -0.39 is 0 Å². The molecule has 0 amide bonds. The van der Waals surface area contributed by atoms with Crippen molar-refractivity contribution in [3.05, 3.63) is 22.4 Å². The summed E-state index contributed by atoms with van der Waals surface area (Å²) in [4.78, 5) is 0. The third kappa shape index (κ3) is 1.27. The number of ether oxygens (including phenoxy) is 1. The quantitative estimate of drug-likeness (QED) is 0.534. The fourth-order valence-electron chi connectivity index (χ4n) is 1.55. The number of hydrogen-bond donors (Lipinski definition) is 0. The van der Waals surface area contributed by atoms with Gasteiger partial charge in [0.2, 0.25) is 0 Å². The molecule has 0 aromatic heterocycles. The highest BCUT2D eigenvalue weighted by molar-refractivity contribution is 6.56. The summed E-state index contributed by atoms with van der Waals surface area (Å²) in [5, 5.41) is 0. The maximum absolute atomic E-state index is 5.64. The van der Waals surface area contributed by atoms with Crippen LogP contribution in [0.15, 0.2) is 22.4 Å². The molecule has 0 aromatic carbocycles. The summed E-state index contributed by atoms with van der Waals surface area (Å²) in [6.45, 7) is 0. The van der Waals surface area contributed by atoms with E-state index in [1.807, 2.05) is 0 Å². The van der Waals surface area contributed by atoms with Crippen molar-refractivity contribution in [1.82, 2.24) is 0 Å². The van der Waals surface area contributed by atoms with Gasteiger partial charge >= 0.3 is 0 Å². The first-order valence-electron chi connectivity index (χ1n) is 3.67. The molecule has 3 aliphatic rings. The summed E-state index contributed by atoms with van der Waals surface area (Å²) >= 11 is 11.3. The standard InChI is InChI=1S/C8H8Cl2O/c9-8(10)7-5-1-3-6(11-7)4-2-5/h1,3,5-6H,2,4H2/t5-,6+/m1/s1. The summed E-state index contributed by atoms with van der Waals surface area (Å²) in [6, 6.07) is 0. The molecule has 2 heterocycles. The number of fused-ring (bicyclic) bond motifs is 2. The van der Waals surface area contributed by atoms with Crippen LogP contribution in [0.2, 0.25) is 0 Å². The highest BCUT2D eigenvalue weighted by atomic mass is 35.5. The van der Waals surface area contributed by atoms with Crippen molar-refractivity contribution in [2.75, 3.05) is 0 Å². The number of hydrogen-bond acceptors (Lipinski definition) is 1. The van der Waals surface area contributed by atoms with Crippen LogP contribution in [0.25, 0.3) is 0 Å². The average Bonchev–Trinajstić information content (AvgIpc) is 2.06. The smallest absolute Gasteiger partial charge is 0.145 e. The molecule has 0 spiro atoms. The van der Waals surface area contributed by atoms with Crippen LogP contribution in [0, 0.1) is 5.92 Å². The van der Waals surface area contributed by atoms with Gasteiger partial charge in [0, 0.05) is 5.92 Å². The third-order valence-electron chi connectivity index (χ3n) is 2.12. The van der Waals surface area contributed by atoms with E-state index in [1.54, 1.807) is 0 Å². The molecule has 0 aromatic rings. The Balaban J connectivity index is 2.31. The lowest BCUT2D eigenvalue weighted by molar-refractivity contribution is 0.0761. The van der Waals surface area contributed by atoms with Crippen molar-refractivity contribution in [2.24, 2.45) is 5.92 Å². The molecule has 0 saturated carbocycles. The van der Waals surface area contributed by atoms with Gasteiger partial charge in [0.25, 0.3) is 0 Å². The Labute approximate surface area is 75.6 Å². The Hall–Kier alpha value is -0.140. The zero-order valence-corrected chi connectivity index (χ0v) is 7.40. The van der Waals surface area contributed by atoms with Crippen LogP contribution in [0.1, 0.15) is 12.8 Å². The minimum absolute atomic E-state index is 0.211. The predicted molar refractivity (Wildman–Crippen MR) is 45.5 cm³/mol. The number of rotatable bonds is 0. The zero-order chi connectivity index (χ0) is 7.84. The molecule has 3 heteroatoms. The molecule has 2 aliphatic heterocycles. The minimum atomic E-state index is 0.211. The van der Waals surface area contributed by atoms with Gasteiger partial charge in [0.05, 0.1) is 0 Å². The molecule has 2 bridgehead atoms. The van der Waals surface area contributed by atoms with Crippen molar-refractivity contribution in [1.29, 1.82) is 0 Å². The van der Waals surface area contributed by atoms with E-state index in [-0.39, 0.29) is 10.6 Å². The number of allylic oxidation sites excluding steroid dienone is 1. The summed E-state index contributed by atoms with van der Waals surface area (Å²) in [7, 11) is 0. The van der Waals surface area contributed by atoms with Gasteiger partial charge in [-0.2, -0.15) is 0 Å². The molecule has 1 saturated heterocycles. The zero-order valence-electron chi connectivity index (χ0n) is 5.89. The summed E-state index contributed by atoms with van der Waals surface area (Å²) < 4.78 is 5.76. The predicted octanol–water partition coefficient (Wildman–Crippen LogP) is 3.00. The summed E-state index contributed by atoms with van der Waals surface area (Å²) in [5.41, 5.74) is 0. The van der Waals surface area contributed by atoms with Crippen LogP contribution in [0.5, 0.6) is 0 Å². The van der Waals surface area contributed by atoms with E-state index in [0.29, 0.717) is 5.92 Å². The highest BCUT2D eigenvalue weighted by Gasteiger charge is 2.30.